The van der Waals surface area contributed by atoms with Crippen LogP contribution in [0.15, 0.2) is 0 Å². The molecule has 0 amide bonds. The number of rotatable bonds is 1. The molecule has 0 aromatic rings. The number of hydrogen-bond acceptors (Lipinski definition) is 3. The molecule has 0 aromatic heterocycles. The highest BCUT2D eigenvalue weighted by Crippen LogP contribution is 2.06. The summed E-state index contributed by atoms with van der Waals surface area (Å²) in [5.74, 6) is 0. The largest absolute Gasteiger partial charge is 0.327 e. The van der Waals surface area contributed by atoms with Crippen LogP contribution in [0.5, 0.6) is 0 Å². The summed E-state index contributed by atoms with van der Waals surface area (Å²) in [6.07, 6.45) is 1.84. The molecule has 0 saturated carbocycles. The molecular formula is C5H12N2O2S. The van der Waals surface area contributed by atoms with Gasteiger partial charge in [0.25, 0.3) is 0 Å². The Morgan fingerprint density at radius 2 is 2.20 bits per heavy atom. The lowest BCUT2D eigenvalue weighted by Crippen LogP contribution is -2.41. The van der Waals surface area contributed by atoms with Gasteiger partial charge in [-0.2, -0.15) is 0 Å². The van der Waals surface area contributed by atoms with E-state index in [0.717, 1.165) is 12.8 Å². The fourth-order valence-corrected chi connectivity index (χ4v) is 1.79. The van der Waals surface area contributed by atoms with Crippen molar-refractivity contribution in [3.63, 3.8) is 0 Å². The molecule has 1 aliphatic heterocycles. The van der Waals surface area contributed by atoms with Gasteiger partial charge in [-0.25, -0.2) is 12.7 Å². The number of nitrogens with zero attached hydrogens (tertiary/aromatic N) is 1. The zero-order valence-corrected chi connectivity index (χ0v) is 6.59. The third-order valence-corrected chi connectivity index (χ3v) is 2.49. The lowest BCUT2D eigenvalue weighted by Gasteiger charge is -2.25. The van der Waals surface area contributed by atoms with E-state index in [-0.39, 0.29) is 6.04 Å². The van der Waals surface area contributed by atoms with Crippen LogP contribution in [-0.4, -0.2) is 31.9 Å². The smallest absolute Gasteiger partial charge is 0.203 e. The predicted octanol–water partition coefficient (Wildman–Crippen LogP) is -1.06. The Hall–Kier alpha value is -0.130. The molecule has 0 aromatic carbocycles. The molecule has 60 valence electrons. The molecule has 4 nitrogen and oxygen atoms in total. The Kier molecular flexibility index (Phi) is 2.64. The molecule has 0 spiro atoms. The van der Waals surface area contributed by atoms with Crippen molar-refractivity contribution in [2.45, 2.75) is 18.9 Å². The summed E-state index contributed by atoms with van der Waals surface area (Å²) in [6, 6.07) is 0.0432. The van der Waals surface area contributed by atoms with Gasteiger partial charge in [-0.05, 0) is 12.8 Å². The lowest BCUT2D eigenvalue weighted by molar-refractivity contribution is 0.324. The Balaban J connectivity index is 2.47. The second-order valence-electron chi connectivity index (χ2n) is 2.55. The van der Waals surface area contributed by atoms with E-state index in [4.69, 9.17) is 5.73 Å². The standard InChI is InChI=1S/C5H12N2O2S/c6-5-2-1-3-7(4-5)10(8)9/h5,10H,1-4,6H2/t5-/m1/s1. The third kappa shape index (κ3) is 1.93. The van der Waals surface area contributed by atoms with Gasteiger partial charge in [0, 0.05) is 19.1 Å². The van der Waals surface area contributed by atoms with Crippen molar-refractivity contribution in [3.8, 4) is 0 Å². The van der Waals surface area contributed by atoms with Crippen LogP contribution in [-0.2, 0) is 10.9 Å². The van der Waals surface area contributed by atoms with E-state index >= 15 is 0 Å². The highest BCUT2D eigenvalue weighted by Gasteiger charge is 2.17. The number of nitrogens with two attached hydrogens (primary N) is 1. The molecule has 2 N–H and O–H groups in total. The van der Waals surface area contributed by atoms with Gasteiger partial charge in [-0.15, -0.1) is 0 Å². The van der Waals surface area contributed by atoms with E-state index in [1.807, 2.05) is 0 Å². The van der Waals surface area contributed by atoms with Crippen LogP contribution in [0.2, 0.25) is 0 Å². The van der Waals surface area contributed by atoms with Crippen molar-refractivity contribution in [3.05, 3.63) is 0 Å². The number of piperidine rings is 1. The molecule has 0 unspecified atom stereocenters. The second-order valence-corrected chi connectivity index (χ2v) is 3.59. The molecule has 5 heteroatoms. The summed E-state index contributed by atoms with van der Waals surface area (Å²) in [6.45, 7) is 1.14. The van der Waals surface area contributed by atoms with Crippen LogP contribution in [0.4, 0.5) is 0 Å². The first-order valence-electron chi connectivity index (χ1n) is 3.35. The quantitative estimate of drug-likeness (QED) is 0.485. The summed E-state index contributed by atoms with van der Waals surface area (Å²) in [5.41, 5.74) is 5.55. The average molecular weight is 164 g/mol. The number of hydrogen-bond donors (Lipinski definition) is 2. The van der Waals surface area contributed by atoms with Crippen molar-refractivity contribution >= 4 is 10.9 Å². The first-order valence-corrected chi connectivity index (χ1v) is 4.48. The van der Waals surface area contributed by atoms with Gasteiger partial charge in [0.2, 0.25) is 10.9 Å². The Morgan fingerprint density at radius 1 is 1.50 bits per heavy atom. The molecule has 0 aliphatic carbocycles. The van der Waals surface area contributed by atoms with E-state index in [9.17, 15) is 8.42 Å². The van der Waals surface area contributed by atoms with Gasteiger partial charge in [-0.1, -0.05) is 0 Å². The van der Waals surface area contributed by atoms with Crippen LogP contribution in [0, 0.1) is 0 Å². The molecule has 1 aliphatic rings. The minimum atomic E-state index is -2.39. The second kappa shape index (κ2) is 3.32. The number of thiol groups is 1. The molecule has 0 radical (unpaired) electrons. The van der Waals surface area contributed by atoms with Crippen molar-refractivity contribution in [1.29, 1.82) is 0 Å². The zero-order chi connectivity index (χ0) is 7.56. The van der Waals surface area contributed by atoms with Crippen molar-refractivity contribution in [1.82, 2.24) is 4.31 Å². The van der Waals surface area contributed by atoms with Gasteiger partial charge >= 0.3 is 0 Å². The molecular weight excluding hydrogens is 152 g/mol. The van der Waals surface area contributed by atoms with Gasteiger partial charge < -0.3 is 5.73 Å². The Morgan fingerprint density at radius 3 is 2.60 bits per heavy atom. The first kappa shape index (κ1) is 7.97. The van der Waals surface area contributed by atoms with Crippen LogP contribution in [0.1, 0.15) is 12.8 Å². The van der Waals surface area contributed by atoms with Gasteiger partial charge in [0.15, 0.2) is 0 Å². The summed E-state index contributed by atoms with van der Waals surface area (Å²) in [5, 5.41) is 0. The molecule has 1 atom stereocenters. The maximum absolute atomic E-state index is 10.4. The fourth-order valence-electron chi connectivity index (χ4n) is 1.14. The average Bonchev–Trinajstić information content (AvgIpc) is 1.88. The molecule has 1 heterocycles. The van der Waals surface area contributed by atoms with E-state index in [2.05, 4.69) is 0 Å². The van der Waals surface area contributed by atoms with Gasteiger partial charge in [0.05, 0.1) is 0 Å². The zero-order valence-electron chi connectivity index (χ0n) is 5.69. The predicted molar refractivity (Wildman–Crippen MR) is 39.1 cm³/mol. The SMILES string of the molecule is N[C@@H]1CCCN([SH](=O)=O)C1. The Bertz CT molecular complexity index is 172. The summed E-state index contributed by atoms with van der Waals surface area (Å²) in [7, 11) is -2.39. The maximum atomic E-state index is 10.4. The minimum absolute atomic E-state index is 0.0432. The minimum Gasteiger partial charge on any atom is -0.327 e. The normalized spacial score (nSPS) is 29.2. The summed E-state index contributed by atoms with van der Waals surface area (Å²) >= 11 is 0. The molecule has 1 rings (SSSR count). The summed E-state index contributed by atoms with van der Waals surface area (Å²) < 4.78 is 22.2. The molecule has 1 saturated heterocycles. The maximum Gasteiger partial charge on any atom is 0.203 e. The van der Waals surface area contributed by atoms with E-state index in [1.165, 1.54) is 4.31 Å². The first-order chi connectivity index (χ1) is 4.70. The lowest BCUT2D eigenvalue weighted by atomic mass is 10.1. The van der Waals surface area contributed by atoms with Crippen LogP contribution in [0.25, 0.3) is 0 Å². The monoisotopic (exact) mass is 164 g/mol. The highest BCUT2D eigenvalue weighted by atomic mass is 32.2. The van der Waals surface area contributed by atoms with Crippen molar-refractivity contribution in [2.24, 2.45) is 5.73 Å². The van der Waals surface area contributed by atoms with Crippen molar-refractivity contribution < 1.29 is 8.42 Å². The topological polar surface area (TPSA) is 63.4 Å². The van der Waals surface area contributed by atoms with Crippen LogP contribution in [0.3, 0.4) is 0 Å². The van der Waals surface area contributed by atoms with Crippen LogP contribution >= 0.6 is 0 Å². The highest BCUT2D eigenvalue weighted by molar-refractivity contribution is 7.69. The third-order valence-electron chi connectivity index (χ3n) is 1.67. The van der Waals surface area contributed by atoms with Crippen LogP contribution < -0.4 is 5.73 Å². The van der Waals surface area contributed by atoms with E-state index < -0.39 is 10.9 Å². The van der Waals surface area contributed by atoms with Gasteiger partial charge in [-0.3, -0.25) is 0 Å². The molecule has 0 bridgehead atoms. The van der Waals surface area contributed by atoms with Gasteiger partial charge in [0.1, 0.15) is 0 Å². The summed E-state index contributed by atoms with van der Waals surface area (Å²) in [4.78, 5) is 0. The van der Waals surface area contributed by atoms with E-state index in [1.54, 1.807) is 0 Å². The Labute approximate surface area is 62.1 Å². The molecule has 1 fully saturated rings. The van der Waals surface area contributed by atoms with E-state index in [0.29, 0.717) is 13.1 Å². The van der Waals surface area contributed by atoms with Crippen molar-refractivity contribution in [2.75, 3.05) is 13.1 Å². The molecule has 10 heavy (non-hydrogen) atoms. The fraction of sp³-hybridized carbons (Fsp3) is 1.00.